The molecule has 0 aromatic rings. The molecule has 2 saturated heterocycles. The predicted molar refractivity (Wildman–Crippen MR) is 44.4 cm³/mol. The average molecular weight is 155 g/mol. The van der Waals surface area contributed by atoms with Gasteiger partial charge in [0.05, 0.1) is 0 Å². The van der Waals surface area contributed by atoms with Gasteiger partial charge in [-0.3, -0.25) is 4.90 Å². The highest BCUT2D eigenvalue weighted by Crippen LogP contribution is 2.45. The monoisotopic (exact) mass is 155 g/mol. The van der Waals surface area contributed by atoms with E-state index in [-0.39, 0.29) is 0 Å². The predicted octanol–water partition coefficient (Wildman–Crippen LogP) is 0.853. The third-order valence-corrected chi connectivity index (χ3v) is 3.67. The van der Waals surface area contributed by atoms with Crippen molar-refractivity contribution in [3.05, 3.63) is 0 Å². The first-order valence-electron chi connectivity index (χ1n) is 4.65. The van der Waals surface area contributed by atoms with Crippen LogP contribution in [0, 0.1) is 5.92 Å². The third kappa shape index (κ3) is 0.859. The number of nitrogens with zero attached hydrogens (tertiary/aromatic N) is 1. The van der Waals surface area contributed by atoms with Crippen molar-refractivity contribution >= 4 is 0 Å². The summed E-state index contributed by atoms with van der Waals surface area (Å²) in [5, 5.41) is 9.09. The zero-order valence-corrected chi connectivity index (χ0v) is 7.21. The highest BCUT2D eigenvalue weighted by atomic mass is 16.3. The third-order valence-electron chi connectivity index (χ3n) is 3.67. The van der Waals surface area contributed by atoms with E-state index < -0.39 is 0 Å². The van der Waals surface area contributed by atoms with Crippen LogP contribution in [-0.2, 0) is 0 Å². The van der Waals surface area contributed by atoms with Gasteiger partial charge >= 0.3 is 0 Å². The first-order valence-corrected chi connectivity index (χ1v) is 4.65. The molecule has 11 heavy (non-hydrogen) atoms. The molecule has 0 aromatic heterocycles. The highest BCUT2D eigenvalue weighted by Gasteiger charge is 2.50. The van der Waals surface area contributed by atoms with Crippen LogP contribution in [0.1, 0.15) is 26.2 Å². The van der Waals surface area contributed by atoms with Crippen molar-refractivity contribution in [2.24, 2.45) is 5.92 Å². The molecule has 64 valence electrons. The van der Waals surface area contributed by atoms with Crippen molar-refractivity contribution in [2.75, 3.05) is 19.7 Å². The molecule has 1 N–H and O–H groups in total. The molecule has 0 spiro atoms. The fourth-order valence-corrected chi connectivity index (χ4v) is 2.73. The number of aliphatic hydroxyl groups is 1. The molecule has 0 bridgehead atoms. The van der Waals surface area contributed by atoms with E-state index in [2.05, 4.69) is 11.8 Å². The van der Waals surface area contributed by atoms with Gasteiger partial charge in [0.25, 0.3) is 0 Å². The molecule has 2 atom stereocenters. The van der Waals surface area contributed by atoms with Crippen LogP contribution >= 0.6 is 0 Å². The van der Waals surface area contributed by atoms with Gasteiger partial charge in [0.1, 0.15) is 0 Å². The fraction of sp³-hybridized carbons (Fsp3) is 1.00. The highest BCUT2D eigenvalue weighted by molar-refractivity contribution is 5.06. The Morgan fingerprint density at radius 2 is 2.27 bits per heavy atom. The number of aliphatic hydroxyl groups excluding tert-OH is 1. The van der Waals surface area contributed by atoms with Gasteiger partial charge in [-0.1, -0.05) is 6.92 Å². The summed E-state index contributed by atoms with van der Waals surface area (Å²) in [4.78, 5) is 2.55. The lowest BCUT2D eigenvalue weighted by Crippen LogP contribution is -2.60. The minimum atomic E-state index is 0.358. The fourth-order valence-electron chi connectivity index (χ4n) is 2.73. The lowest BCUT2D eigenvalue weighted by molar-refractivity contribution is -0.0356. The Hall–Kier alpha value is -0.0800. The molecule has 2 fully saturated rings. The molecular formula is C9H17NO. The van der Waals surface area contributed by atoms with Crippen molar-refractivity contribution in [3.63, 3.8) is 0 Å². The van der Waals surface area contributed by atoms with Crippen LogP contribution in [0.5, 0.6) is 0 Å². The molecular weight excluding hydrogens is 138 g/mol. The normalized spacial score (nSPS) is 39.8. The summed E-state index contributed by atoms with van der Waals surface area (Å²) < 4.78 is 0. The first-order chi connectivity index (χ1) is 5.29. The minimum Gasteiger partial charge on any atom is -0.396 e. The Kier molecular flexibility index (Phi) is 1.69. The second-order valence-corrected chi connectivity index (χ2v) is 4.03. The van der Waals surface area contributed by atoms with E-state index in [1.165, 1.54) is 32.4 Å². The Balaban J connectivity index is 2.09. The molecule has 0 saturated carbocycles. The van der Waals surface area contributed by atoms with Gasteiger partial charge in [-0.15, -0.1) is 0 Å². The molecule has 0 aliphatic carbocycles. The lowest BCUT2D eigenvalue weighted by atomic mass is 9.75. The molecule has 2 unspecified atom stereocenters. The van der Waals surface area contributed by atoms with Gasteiger partial charge in [0.15, 0.2) is 0 Å². The second kappa shape index (κ2) is 2.46. The smallest absolute Gasteiger partial charge is 0.0474 e. The minimum absolute atomic E-state index is 0.358. The maximum Gasteiger partial charge on any atom is 0.0474 e. The molecule has 2 heteroatoms. The molecule has 2 aliphatic heterocycles. The van der Waals surface area contributed by atoms with Gasteiger partial charge in [0.2, 0.25) is 0 Å². The van der Waals surface area contributed by atoms with Crippen LogP contribution in [0.3, 0.4) is 0 Å². The van der Waals surface area contributed by atoms with Crippen LogP contribution in [0.25, 0.3) is 0 Å². The van der Waals surface area contributed by atoms with E-state index in [9.17, 15) is 0 Å². The summed E-state index contributed by atoms with van der Waals surface area (Å²) >= 11 is 0. The van der Waals surface area contributed by atoms with Gasteiger partial charge in [-0.2, -0.15) is 0 Å². The maximum atomic E-state index is 9.09. The van der Waals surface area contributed by atoms with E-state index in [0.29, 0.717) is 18.1 Å². The van der Waals surface area contributed by atoms with Gasteiger partial charge < -0.3 is 5.11 Å². The molecule has 2 heterocycles. The van der Waals surface area contributed by atoms with Crippen molar-refractivity contribution in [1.29, 1.82) is 0 Å². The van der Waals surface area contributed by atoms with Gasteiger partial charge in [-0.25, -0.2) is 0 Å². The van der Waals surface area contributed by atoms with Crippen molar-refractivity contribution in [2.45, 2.75) is 31.7 Å². The van der Waals surface area contributed by atoms with E-state index in [1.807, 2.05) is 0 Å². The van der Waals surface area contributed by atoms with Crippen LogP contribution < -0.4 is 0 Å². The zero-order valence-electron chi connectivity index (χ0n) is 7.21. The molecule has 2 aliphatic rings. The van der Waals surface area contributed by atoms with E-state index >= 15 is 0 Å². The maximum absolute atomic E-state index is 9.09. The summed E-state index contributed by atoms with van der Waals surface area (Å²) in [5.41, 5.74) is 0.425. The summed E-state index contributed by atoms with van der Waals surface area (Å²) in [6.07, 6.45) is 3.97. The van der Waals surface area contributed by atoms with Crippen molar-refractivity contribution < 1.29 is 5.11 Å². The molecule has 0 aromatic carbocycles. The summed E-state index contributed by atoms with van der Waals surface area (Å²) in [7, 11) is 0. The average Bonchev–Trinajstić information content (AvgIpc) is 2.27. The Morgan fingerprint density at radius 1 is 1.45 bits per heavy atom. The second-order valence-electron chi connectivity index (χ2n) is 4.03. The Labute approximate surface area is 68.2 Å². The topological polar surface area (TPSA) is 23.5 Å². The number of hydrogen-bond donors (Lipinski definition) is 1. The standard InChI is InChI=1S/C9H17NO/c1-8(7-11)9-3-2-5-10(9)6-4-9/h8,11H,2-7H2,1H3. The zero-order chi connectivity index (χ0) is 7.90. The van der Waals surface area contributed by atoms with Crippen molar-refractivity contribution in [1.82, 2.24) is 4.90 Å². The SMILES string of the molecule is CC(CO)C12CCCN1CC2. The van der Waals surface area contributed by atoms with E-state index in [1.54, 1.807) is 0 Å². The van der Waals surface area contributed by atoms with E-state index in [0.717, 1.165) is 0 Å². The van der Waals surface area contributed by atoms with Gasteiger partial charge in [0, 0.05) is 18.7 Å². The van der Waals surface area contributed by atoms with Gasteiger partial charge in [-0.05, 0) is 31.7 Å². The van der Waals surface area contributed by atoms with Crippen LogP contribution in [0.2, 0.25) is 0 Å². The van der Waals surface area contributed by atoms with E-state index in [4.69, 9.17) is 5.11 Å². The lowest BCUT2D eigenvalue weighted by Gasteiger charge is -2.52. The largest absolute Gasteiger partial charge is 0.396 e. The summed E-state index contributed by atoms with van der Waals surface area (Å²) in [6.45, 7) is 5.07. The molecule has 0 radical (unpaired) electrons. The van der Waals surface area contributed by atoms with Crippen LogP contribution in [-0.4, -0.2) is 35.2 Å². The summed E-state index contributed by atoms with van der Waals surface area (Å²) in [5.74, 6) is 0.485. The van der Waals surface area contributed by atoms with Crippen LogP contribution in [0.4, 0.5) is 0 Å². The Bertz CT molecular complexity index is 160. The number of hydrogen-bond acceptors (Lipinski definition) is 2. The number of rotatable bonds is 2. The molecule has 2 rings (SSSR count). The first kappa shape index (κ1) is 7.56. The van der Waals surface area contributed by atoms with Crippen molar-refractivity contribution in [3.8, 4) is 0 Å². The molecule has 0 amide bonds. The molecule has 2 nitrogen and oxygen atoms in total. The Morgan fingerprint density at radius 3 is 2.73 bits per heavy atom. The van der Waals surface area contributed by atoms with Crippen LogP contribution in [0.15, 0.2) is 0 Å². The quantitative estimate of drug-likeness (QED) is 0.639. The summed E-state index contributed by atoms with van der Waals surface area (Å²) in [6, 6.07) is 0. The number of fused-ring (bicyclic) bond motifs is 1.